The molecule has 1 atom stereocenters. The van der Waals surface area contributed by atoms with E-state index in [-0.39, 0.29) is 6.09 Å². The Labute approximate surface area is 153 Å². The number of fused-ring (bicyclic) bond motifs is 1. The summed E-state index contributed by atoms with van der Waals surface area (Å²) in [6.07, 6.45) is 8.79. The number of ether oxygens (including phenoxy) is 2. The maximum absolute atomic E-state index is 12.4. The van der Waals surface area contributed by atoms with E-state index in [0.29, 0.717) is 18.4 Å². The van der Waals surface area contributed by atoms with Crippen LogP contribution in [0.15, 0.2) is 30.7 Å². The molecule has 1 fully saturated rings. The number of hydrogen-bond donors (Lipinski definition) is 1. The van der Waals surface area contributed by atoms with Crippen LogP contribution in [0.3, 0.4) is 0 Å². The Bertz CT molecular complexity index is 756. The van der Waals surface area contributed by atoms with E-state index in [2.05, 4.69) is 16.0 Å². The van der Waals surface area contributed by atoms with Gasteiger partial charge in [-0.15, -0.1) is 0 Å². The van der Waals surface area contributed by atoms with Gasteiger partial charge in [0.05, 0.1) is 25.7 Å². The molecule has 26 heavy (non-hydrogen) atoms. The number of anilines is 1. The van der Waals surface area contributed by atoms with Gasteiger partial charge in [0.25, 0.3) is 0 Å². The molecule has 6 nitrogen and oxygen atoms in total. The third kappa shape index (κ3) is 3.41. The molecule has 6 heteroatoms. The Morgan fingerprint density at radius 1 is 1.38 bits per heavy atom. The van der Waals surface area contributed by atoms with E-state index in [0.717, 1.165) is 42.1 Å². The van der Waals surface area contributed by atoms with Gasteiger partial charge in [-0.2, -0.15) is 0 Å². The van der Waals surface area contributed by atoms with Gasteiger partial charge in [-0.05, 0) is 61.3 Å². The largest absolute Gasteiger partial charge is 0.493 e. The van der Waals surface area contributed by atoms with Crippen molar-refractivity contribution in [1.29, 1.82) is 0 Å². The molecule has 1 aromatic heterocycles. The van der Waals surface area contributed by atoms with E-state index >= 15 is 0 Å². The number of imidazole rings is 1. The molecule has 0 radical (unpaired) electrons. The number of aromatic amines is 1. The molecule has 4 rings (SSSR count). The summed E-state index contributed by atoms with van der Waals surface area (Å²) >= 11 is 0. The van der Waals surface area contributed by atoms with Gasteiger partial charge in [-0.1, -0.05) is 6.42 Å². The first-order chi connectivity index (χ1) is 12.7. The summed E-state index contributed by atoms with van der Waals surface area (Å²) < 4.78 is 10.9. The minimum Gasteiger partial charge on any atom is -0.493 e. The molecule has 1 N–H and O–H groups in total. The van der Waals surface area contributed by atoms with E-state index < -0.39 is 0 Å². The van der Waals surface area contributed by atoms with E-state index in [4.69, 9.17) is 9.47 Å². The fraction of sp³-hybridized carbons (Fsp3) is 0.500. The summed E-state index contributed by atoms with van der Waals surface area (Å²) in [5.41, 5.74) is 3.09. The fourth-order valence-corrected chi connectivity index (χ4v) is 3.82. The van der Waals surface area contributed by atoms with E-state index in [9.17, 15) is 4.79 Å². The van der Waals surface area contributed by atoms with Crippen molar-refractivity contribution < 1.29 is 14.3 Å². The first-order valence-corrected chi connectivity index (χ1v) is 9.34. The predicted octanol–water partition coefficient (Wildman–Crippen LogP) is 3.89. The zero-order valence-electron chi connectivity index (χ0n) is 15.1. The molecular weight excluding hydrogens is 330 g/mol. The molecule has 1 aromatic carbocycles. The summed E-state index contributed by atoms with van der Waals surface area (Å²) in [7, 11) is 1.44. The maximum Gasteiger partial charge on any atom is 0.414 e. The van der Waals surface area contributed by atoms with Crippen molar-refractivity contribution in [2.45, 2.75) is 38.0 Å². The lowest BCUT2D eigenvalue weighted by Gasteiger charge is -2.33. The van der Waals surface area contributed by atoms with Gasteiger partial charge in [0.2, 0.25) is 0 Å². The van der Waals surface area contributed by atoms with Crippen molar-refractivity contribution in [3.63, 3.8) is 0 Å². The number of amides is 1. The van der Waals surface area contributed by atoms with Gasteiger partial charge in [0.1, 0.15) is 5.75 Å². The van der Waals surface area contributed by atoms with Crippen LogP contribution in [-0.4, -0.2) is 36.3 Å². The third-order valence-corrected chi connectivity index (χ3v) is 5.54. The Balaban J connectivity index is 1.61. The van der Waals surface area contributed by atoms with Crippen LogP contribution in [0.1, 0.15) is 42.9 Å². The molecule has 1 unspecified atom stereocenters. The molecule has 0 bridgehead atoms. The van der Waals surface area contributed by atoms with Crippen molar-refractivity contribution in [1.82, 2.24) is 9.97 Å². The van der Waals surface area contributed by atoms with E-state index in [1.807, 2.05) is 18.3 Å². The van der Waals surface area contributed by atoms with Gasteiger partial charge in [0.15, 0.2) is 0 Å². The Morgan fingerprint density at radius 2 is 2.27 bits per heavy atom. The van der Waals surface area contributed by atoms with Crippen molar-refractivity contribution >= 4 is 11.8 Å². The molecule has 1 aliphatic carbocycles. The monoisotopic (exact) mass is 355 g/mol. The number of nitrogens with zero attached hydrogens (tertiary/aromatic N) is 2. The number of nitrogens with one attached hydrogen (secondary N) is 1. The third-order valence-electron chi connectivity index (χ3n) is 5.54. The lowest BCUT2D eigenvalue weighted by molar-refractivity contribution is 0.175. The summed E-state index contributed by atoms with van der Waals surface area (Å²) in [5, 5.41) is 0. The van der Waals surface area contributed by atoms with Crippen LogP contribution in [0.4, 0.5) is 10.5 Å². The fourth-order valence-electron chi connectivity index (χ4n) is 3.82. The average molecular weight is 355 g/mol. The number of H-pyrrole nitrogens is 1. The van der Waals surface area contributed by atoms with Gasteiger partial charge in [-0.3, -0.25) is 4.90 Å². The van der Waals surface area contributed by atoms with Crippen LogP contribution in [-0.2, 0) is 11.2 Å². The van der Waals surface area contributed by atoms with Crippen molar-refractivity contribution in [2.75, 3.05) is 25.2 Å². The molecule has 1 saturated carbocycles. The summed E-state index contributed by atoms with van der Waals surface area (Å²) in [4.78, 5) is 21.5. The minimum atomic E-state index is -0.294. The molecule has 138 valence electrons. The second kappa shape index (κ2) is 7.40. The standard InChI is InChI=1S/C20H25N3O3/c1-25-20(24)23(12-14-3-2-4-14)17-5-6-19-18(10-17)15(7-8-26-19)9-16-11-21-13-22-16/h5-6,10-11,13-15H,2-4,7-9,12H2,1H3,(H,21,22). The molecule has 1 aliphatic heterocycles. The number of hydrogen-bond acceptors (Lipinski definition) is 4. The van der Waals surface area contributed by atoms with Crippen LogP contribution < -0.4 is 9.64 Å². The van der Waals surface area contributed by atoms with Gasteiger partial charge in [0, 0.05) is 18.4 Å². The lowest BCUT2D eigenvalue weighted by Crippen LogP contribution is -2.37. The second-order valence-electron chi connectivity index (χ2n) is 7.20. The molecule has 0 spiro atoms. The van der Waals surface area contributed by atoms with Gasteiger partial charge < -0.3 is 14.5 Å². The predicted molar refractivity (Wildman–Crippen MR) is 98.7 cm³/mol. The quantitative estimate of drug-likeness (QED) is 0.883. The first kappa shape index (κ1) is 16.9. The van der Waals surface area contributed by atoms with Gasteiger partial charge in [-0.25, -0.2) is 9.78 Å². The van der Waals surface area contributed by atoms with Crippen molar-refractivity contribution in [3.05, 3.63) is 42.0 Å². The van der Waals surface area contributed by atoms with Crippen molar-refractivity contribution in [2.24, 2.45) is 5.92 Å². The lowest BCUT2D eigenvalue weighted by atomic mass is 9.85. The molecule has 0 saturated heterocycles. The zero-order chi connectivity index (χ0) is 17.9. The molecule has 2 aromatic rings. The normalized spacial score (nSPS) is 19.2. The number of methoxy groups -OCH3 is 1. The average Bonchev–Trinajstić information content (AvgIpc) is 3.13. The topological polar surface area (TPSA) is 67.5 Å². The highest BCUT2D eigenvalue weighted by molar-refractivity contribution is 5.88. The summed E-state index contributed by atoms with van der Waals surface area (Å²) in [6.45, 7) is 1.43. The second-order valence-corrected chi connectivity index (χ2v) is 7.20. The zero-order valence-corrected chi connectivity index (χ0v) is 15.1. The molecule has 2 heterocycles. The van der Waals surface area contributed by atoms with Crippen LogP contribution in [0.5, 0.6) is 5.75 Å². The minimum absolute atomic E-state index is 0.294. The number of benzene rings is 1. The van der Waals surface area contributed by atoms with E-state index in [1.54, 1.807) is 11.2 Å². The smallest absolute Gasteiger partial charge is 0.414 e. The van der Waals surface area contributed by atoms with Crippen LogP contribution >= 0.6 is 0 Å². The Hall–Kier alpha value is -2.50. The number of rotatable bonds is 5. The summed E-state index contributed by atoms with van der Waals surface area (Å²) in [6, 6.07) is 6.05. The van der Waals surface area contributed by atoms with Crippen LogP contribution in [0, 0.1) is 5.92 Å². The Kier molecular flexibility index (Phi) is 4.82. The van der Waals surface area contributed by atoms with E-state index in [1.165, 1.54) is 26.4 Å². The maximum atomic E-state index is 12.4. The Morgan fingerprint density at radius 3 is 2.96 bits per heavy atom. The number of carbonyl (C=O) groups excluding carboxylic acids is 1. The number of aromatic nitrogens is 2. The number of carbonyl (C=O) groups is 1. The van der Waals surface area contributed by atoms with Crippen LogP contribution in [0.25, 0.3) is 0 Å². The van der Waals surface area contributed by atoms with Crippen molar-refractivity contribution in [3.8, 4) is 5.75 Å². The SMILES string of the molecule is COC(=O)N(CC1CCC1)c1ccc2c(c1)C(Cc1c[nH]cn1)CCO2. The van der Waals surface area contributed by atoms with Gasteiger partial charge >= 0.3 is 6.09 Å². The highest BCUT2D eigenvalue weighted by Crippen LogP contribution is 2.39. The van der Waals surface area contributed by atoms with Crippen LogP contribution in [0.2, 0.25) is 0 Å². The highest BCUT2D eigenvalue weighted by atomic mass is 16.5. The highest BCUT2D eigenvalue weighted by Gasteiger charge is 2.28. The first-order valence-electron chi connectivity index (χ1n) is 9.34. The molecule has 1 amide bonds. The summed E-state index contributed by atoms with van der Waals surface area (Å²) in [5.74, 6) is 1.82. The molecule has 2 aliphatic rings. The molecular formula is C20H25N3O3.